The molecular formula is C20H23N3O3. The fourth-order valence-corrected chi connectivity index (χ4v) is 4.20. The number of carbonyl (C=O) groups excluding carboxylic acids is 1. The van der Waals surface area contributed by atoms with Gasteiger partial charge in [-0.1, -0.05) is 32.9 Å². The fraction of sp³-hybridized carbons (Fsp3) is 0.450. The van der Waals surface area contributed by atoms with Crippen molar-refractivity contribution in [1.29, 1.82) is 0 Å². The molecule has 6 nitrogen and oxygen atoms in total. The highest BCUT2D eigenvalue weighted by atomic mass is 16.4. The van der Waals surface area contributed by atoms with Crippen molar-refractivity contribution in [2.45, 2.75) is 52.0 Å². The van der Waals surface area contributed by atoms with Gasteiger partial charge in [-0.2, -0.15) is 0 Å². The Morgan fingerprint density at radius 3 is 2.69 bits per heavy atom. The normalized spacial score (nSPS) is 19.0. The van der Waals surface area contributed by atoms with Crippen molar-refractivity contribution in [1.82, 2.24) is 14.5 Å². The second kappa shape index (κ2) is 5.43. The number of fused-ring (bicyclic) bond motifs is 5. The van der Waals surface area contributed by atoms with E-state index in [0.717, 1.165) is 24.1 Å². The third-order valence-corrected chi connectivity index (χ3v) is 5.32. The first-order valence-electron chi connectivity index (χ1n) is 8.99. The number of nitrogens with zero attached hydrogens (tertiary/aromatic N) is 3. The molecule has 0 spiro atoms. The minimum absolute atomic E-state index is 0.0134. The van der Waals surface area contributed by atoms with Crippen LogP contribution in [0.4, 0.5) is 0 Å². The van der Waals surface area contributed by atoms with Crippen molar-refractivity contribution in [2.75, 3.05) is 6.54 Å². The lowest BCUT2D eigenvalue weighted by Gasteiger charge is -2.23. The minimum Gasteiger partial charge on any atom is -0.476 e. The molecule has 0 saturated carbocycles. The summed E-state index contributed by atoms with van der Waals surface area (Å²) in [6.07, 6.45) is 1.63. The Hall–Kier alpha value is -2.63. The van der Waals surface area contributed by atoms with E-state index < -0.39 is 5.97 Å². The van der Waals surface area contributed by atoms with Crippen LogP contribution in [0.2, 0.25) is 0 Å². The lowest BCUT2D eigenvalue weighted by molar-refractivity contribution is 0.0673. The minimum atomic E-state index is -1.04. The van der Waals surface area contributed by atoms with Gasteiger partial charge in [-0.15, -0.1) is 0 Å². The van der Waals surface area contributed by atoms with Gasteiger partial charge in [0.15, 0.2) is 5.69 Å². The summed E-state index contributed by atoms with van der Waals surface area (Å²) in [6.45, 7) is 8.62. The number of carboxylic acid groups (broad SMARTS) is 1. The van der Waals surface area contributed by atoms with E-state index in [0.29, 0.717) is 23.6 Å². The standard InChI is InChI=1S/C20H23N3O3/c1-11-7-5-8-12-14(11)17(24)22-10-6-9-13(22)16-15(18(25)26)21-19(23(12)16)20(2,3)4/h5,7-8,13H,6,9-10H2,1-4H3,(H,25,26)/t13-/m0/s1. The number of benzene rings is 1. The molecule has 1 fully saturated rings. The van der Waals surface area contributed by atoms with Crippen LogP contribution in [-0.2, 0) is 5.41 Å². The quantitative estimate of drug-likeness (QED) is 0.852. The van der Waals surface area contributed by atoms with Crippen LogP contribution >= 0.6 is 0 Å². The smallest absolute Gasteiger partial charge is 0.356 e. The summed E-state index contributed by atoms with van der Waals surface area (Å²) in [5.74, 6) is -0.376. The van der Waals surface area contributed by atoms with Crippen LogP contribution < -0.4 is 0 Å². The van der Waals surface area contributed by atoms with Crippen molar-refractivity contribution in [3.8, 4) is 5.69 Å². The van der Waals surface area contributed by atoms with E-state index in [4.69, 9.17) is 0 Å². The number of amides is 1. The first-order chi connectivity index (χ1) is 12.2. The van der Waals surface area contributed by atoms with Crippen LogP contribution in [0.25, 0.3) is 5.69 Å². The van der Waals surface area contributed by atoms with E-state index in [-0.39, 0.29) is 23.1 Å². The van der Waals surface area contributed by atoms with Crippen LogP contribution in [0, 0.1) is 6.92 Å². The summed E-state index contributed by atoms with van der Waals surface area (Å²) in [5.41, 5.74) is 2.63. The average molecular weight is 353 g/mol. The first kappa shape index (κ1) is 16.8. The number of carbonyl (C=O) groups is 2. The summed E-state index contributed by atoms with van der Waals surface area (Å²) in [6, 6.07) is 5.49. The highest BCUT2D eigenvalue weighted by Gasteiger charge is 2.43. The molecule has 0 radical (unpaired) electrons. The molecule has 1 saturated heterocycles. The molecule has 1 aromatic heterocycles. The van der Waals surface area contributed by atoms with Gasteiger partial charge in [-0.3, -0.25) is 9.36 Å². The van der Waals surface area contributed by atoms with Crippen molar-refractivity contribution >= 4 is 11.9 Å². The Balaban J connectivity index is 2.17. The lowest BCUT2D eigenvalue weighted by atomic mass is 9.95. The molecule has 2 aliphatic rings. The molecule has 2 aliphatic heterocycles. The average Bonchev–Trinajstić information content (AvgIpc) is 3.15. The summed E-state index contributed by atoms with van der Waals surface area (Å²) >= 11 is 0. The number of aromatic nitrogens is 2. The van der Waals surface area contributed by atoms with E-state index in [1.54, 1.807) is 0 Å². The highest BCUT2D eigenvalue weighted by molar-refractivity contribution is 6.01. The van der Waals surface area contributed by atoms with Gasteiger partial charge in [-0.05, 0) is 31.4 Å². The van der Waals surface area contributed by atoms with Crippen molar-refractivity contribution in [3.63, 3.8) is 0 Å². The third-order valence-electron chi connectivity index (χ3n) is 5.32. The van der Waals surface area contributed by atoms with E-state index in [9.17, 15) is 14.7 Å². The van der Waals surface area contributed by atoms with Gasteiger partial charge in [0, 0.05) is 12.0 Å². The third kappa shape index (κ3) is 2.21. The van der Waals surface area contributed by atoms with Crippen LogP contribution in [0.5, 0.6) is 0 Å². The van der Waals surface area contributed by atoms with Gasteiger partial charge in [0.05, 0.1) is 23.0 Å². The van der Waals surface area contributed by atoms with E-state index in [2.05, 4.69) is 4.98 Å². The molecule has 26 heavy (non-hydrogen) atoms. The number of hydrogen-bond acceptors (Lipinski definition) is 3. The Kier molecular flexibility index (Phi) is 3.51. The largest absolute Gasteiger partial charge is 0.476 e. The van der Waals surface area contributed by atoms with Crippen LogP contribution in [0.1, 0.15) is 77.6 Å². The van der Waals surface area contributed by atoms with Crippen molar-refractivity contribution in [2.24, 2.45) is 0 Å². The maximum Gasteiger partial charge on any atom is 0.356 e. The molecule has 1 atom stereocenters. The SMILES string of the molecule is Cc1cccc2c1C(=O)N1CCC[C@H]1c1c(C(=O)O)nc(C(C)(C)C)n1-2. The first-order valence-corrected chi connectivity index (χ1v) is 8.99. The summed E-state index contributed by atoms with van der Waals surface area (Å²) in [7, 11) is 0. The van der Waals surface area contributed by atoms with Crippen molar-refractivity contribution in [3.05, 3.63) is 46.5 Å². The van der Waals surface area contributed by atoms with Gasteiger partial charge >= 0.3 is 5.97 Å². The highest BCUT2D eigenvalue weighted by Crippen LogP contribution is 2.43. The molecule has 1 N–H and O–H groups in total. The molecule has 0 aliphatic carbocycles. The monoisotopic (exact) mass is 353 g/mol. The van der Waals surface area contributed by atoms with E-state index in [1.807, 2.05) is 55.4 Å². The van der Waals surface area contributed by atoms with Gasteiger partial charge in [0.1, 0.15) is 5.82 Å². The molecule has 1 aromatic carbocycles. The Bertz CT molecular complexity index is 937. The number of aryl methyl sites for hydroxylation is 1. The fourth-order valence-electron chi connectivity index (χ4n) is 4.20. The van der Waals surface area contributed by atoms with Crippen LogP contribution in [0.3, 0.4) is 0 Å². The summed E-state index contributed by atoms with van der Waals surface area (Å²) < 4.78 is 1.94. The summed E-state index contributed by atoms with van der Waals surface area (Å²) in [5, 5.41) is 9.82. The topological polar surface area (TPSA) is 75.4 Å². The van der Waals surface area contributed by atoms with Gasteiger partial charge in [-0.25, -0.2) is 9.78 Å². The molecular weight excluding hydrogens is 330 g/mol. The Morgan fingerprint density at radius 2 is 2.04 bits per heavy atom. The van der Waals surface area contributed by atoms with Gasteiger partial charge < -0.3 is 10.0 Å². The molecule has 1 amide bonds. The molecule has 136 valence electrons. The lowest BCUT2D eigenvalue weighted by Crippen LogP contribution is -2.30. The zero-order valence-corrected chi connectivity index (χ0v) is 15.5. The number of rotatable bonds is 1. The predicted octanol–water partition coefficient (Wildman–Crippen LogP) is 3.47. The summed E-state index contributed by atoms with van der Waals surface area (Å²) in [4.78, 5) is 31.7. The number of imidazole rings is 1. The zero-order chi connectivity index (χ0) is 18.8. The number of carboxylic acids is 1. The van der Waals surface area contributed by atoms with Crippen molar-refractivity contribution < 1.29 is 14.7 Å². The maximum atomic E-state index is 13.3. The van der Waals surface area contributed by atoms with Gasteiger partial charge in [0.2, 0.25) is 0 Å². The van der Waals surface area contributed by atoms with E-state index >= 15 is 0 Å². The molecule has 0 bridgehead atoms. The number of hydrogen-bond donors (Lipinski definition) is 1. The second-order valence-electron chi connectivity index (χ2n) is 8.19. The van der Waals surface area contributed by atoms with E-state index in [1.165, 1.54) is 0 Å². The maximum absolute atomic E-state index is 13.3. The molecule has 3 heterocycles. The predicted molar refractivity (Wildman–Crippen MR) is 97.0 cm³/mol. The van der Waals surface area contributed by atoms with Crippen LogP contribution in [0.15, 0.2) is 18.2 Å². The Morgan fingerprint density at radius 1 is 1.31 bits per heavy atom. The van der Waals surface area contributed by atoms with Crippen LogP contribution in [-0.4, -0.2) is 38.0 Å². The second-order valence-corrected chi connectivity index (χ2v) is 8.19. The number of aromatic carboxylic acids is 1. The molecule has 0 unspecified atom stereocenters. The molecule has 4 rings (SSSR count). The molecule has 6 heteroatoms. The zero-order valence-electron chi connectivity index (χ0n) is 15.5. The Labute approximate surface area is 152 Å². The van der Waals surface area contributed by atoms with Gasteiger partial charge in [0.25, 0.3) is 5.91 Å². The molecule has 2 aromatic rings.